The van der Waals surface area contributed by atoms with E-state index in [0.717, 1.165) is 12.0 Å². The number of carbonyl (C=O) groups excluding carboxylic acids is 2. The third-order valence-corrected chi connectivity index (χ3v) is 6.07. The first-order chi connectivity index (χ1) is 14.3. The average Bonchev–Trinajstić information content (AvgIpc) is 2.73. The molecule has 0 aromatic heterocycles. The van der Waals surface area contributed by atoms with E-state index in [1.165, 1.54) is 28.3 Å². The lowest BCUT2D eigenvalue weighted by Gasteiger charge is -2.29. The van der Waals surface area contributed by atoms with E-state index in [-0.39, 0.29) is 36.0 Å². The van der Waals surface area contributed by atoms with E-state index < -0.39 is 6.04 Å². The van der Waals surface area contributed by atoms with Crippen LogP contribution in [0, 0.1) is 12.7 Å². The minimum Gasteiger partial charge on any atom is -0.352 e. The van der Waals surface area contributed by atoms with Gasteiger partial charge in [0.05, 0.1) is 5.75 Å². The third kappa shape index (κ3) is 7.17. The van der Waals surface area contributed by atoms with Gasteiger partial charge in [-0.15, -0.1) is 11.8 Å². The topological polar surface area (TPSA) is 49.4 Å². The standard InChI is InChI=1S/C24H31FN2O2S/c1-5-18(3)26-24(29)19(4)27(14-21-8-6-7-9-22(21)25)23(28)16-30-15-20-12-10-17(2)11-13-20/h6-13,18-19H,5,14-16H2,1-4H3,(H,26,29)/t18-,19+/m1/s1. The summed E-state index contributed by atoms with van der Waals surface area (Å²) in [6, 6.07) is 13.9. The first-order valence-electron chi connectivity index (χ1n) is 10.3. The molecule has 0 aliphatic carbocycles. The van der Waals surface area contributed by atoms with Gasteiger partial charge in [0.1, 0.15) is 11.9 Å². The van der Waals surface area contributed by atoms with E-state index in [1.807, 2.05) is 45.0 Å². The van der Waals surface area contributed by atoms with E-state index in [1.54, 1.807) is 25.1 Å². The van der Waals surface area contributed by atoms with Gasteiger partial charge in [0.15, 0.2) is 0 Å². The van der Waals surface area contributed by atoms with Crippen molar-refractivity contribution in [2.24, 2.45) is 0 Å². The van der Waals surface area contributed by atoms with Gasteiger partial charge in [0, 0.05) is 23.9 Å². The molecule has 0 aliphatic rings. The summed E-state index contributed by atoms with van der Waals surface area (Å²) in [5, 5.41) is 2.92. The Balaban J connectivity index is 2.08. The highest BCUT2D eigenvalue weighted by Gasteiger charge is 2.27. The first-order valence-corrected chi connectivity index (χ1v) is 11.4. The quantitative estimate of drug-likeness (QED) is 0.594. The van der Waals surface area contributed by atoms with Crippen molar-refractivity contribution in [3.05, 3.63) is 71.0 Å². The van der Waals surface area contributed by atoms with Gasteiger partial charge in [-0.05, 0) is 38.8 Å². The van der Waals surface area contributed by atoms with Gasteiger partial charge < -0.3 is 10.2 Å². The second-order valence-electron chi connectivity index (χ2n) is 7.59. The van der Waals surface area contributed by atoms with Crippen LogP contribution < -0.4 is 5.32 Å². The maximum Gasteiger partial charge on any atom is 0.242 e. The number of hydrogen-bond donors (Lipinski definition) is 1. The van der Waals surface area contributed by atoms with E-state index in [4.69, 9.17) is 0 Å². The van der Waals surface area contributed by atoms with E-state index in [0.29, 0.717) is 11.3 Å². The molecule has 1 N–H and O–H groups in total. The van der Waals surface area contributed by atoms with Gasteiger partial charge in [0.2, 0.25) is 11.8 Å². The minimum atomic E-state index is -0.689. The summed E-state index contributed by atoms with van der Waals surface area (Å²) < 4.78 is 14.2. The molecular weight excluding hydrogens is 399 g/mol. The average molecular weight is 431 g/mol. The van der Waals surface area contributed by atoms with Crippen molar-refractivity contribution >= 4 is 23.6 Å². The molecule has 2 rings (SSSR count). The lowest BCUT2D eigenvalue weighted by Crippen LogP contribution is -2.50. The molecule has 30 heavy (non-hydrogen) atoms. The van der Waals surface area contributed by atoms with Crippen LogP contribution in [0.15, 0.2) is 48.5 Å². The second kappa shape index (κ2) is 11.7. The molecule has 0 fully saturated rings. The molecule has 0 heterocycles. The Morgan fingerprint density at radius 3 is 2.40 bits per heavy atom. The molecule has 6 heteroatoms. The normalized spacial score (nSPS) is 12.8. The highest BCUT2D eigenvalue weighted by atomic mass is 32.2. The number of nitrogens with zero attached hydrogens (tertiary/aromatic N) is 1. The fourth-order valence-electron chi connectivity index (χ4n) is 2.88. The first kappa shape index (κ1) is 23.9. The minimum absolute atomic E-state index is 0.0151. The van der Waals surface area contributed by atoms with Crippen LogP contribution in [0.25, 0.3) is 0 Å². The molecule has 0 aliphatic heterocycles. The van der Waals surface area contributed by atoms with Crippen molar-refractivity contribution in [3.8, 4) is 0 Å². The fraction of sp³-hybridized carbons (Fsp3) is 0.417. The second-order valence-corrected chi connectivity index (χ2v) is 8.57. The van der Waals surface area contributed by atoms with Crippen molar-refractivity contribution in [2.75, 3.05) is 5.75 Å². The maximum absolute atomic E-state index is 14.2. The third-order valence-electron chi connectivity index (χ3n) is 5.08. The molecule has 0 spiro atoms. The van der Waals surface area contributed by atoms with Crippen LogP contribution in [-0.2, 0) is 21.9 Å². The van der Waals surface area contributed by atoms with Gasteiger partial charge >= 0.3 is 0 Å². The Labute approximate surface area is 183 Å². The van der Waals surface area contributed by atoms with Gasteiger partial charge in [-0.1, -0.05) is 55.0 Å². The molecule has 0 saturated heterocycles. The molecule has 2 amide bonds. The molecule has 2 atom stereocenters. The lowest BCUT2D eigenvalue weighted by atomic mass is 10.1. The Bertz CT molecular complexity index is 841. The summed E-state index contributed by atoms with van der Waals surface area (Å²) in [5.41, 5.74) is 2.73. The number of aryl methyl sites for hydroxylation is 1. The van der Waals surface area contributed by atoms with Crippen LogP contribution in [0.1, 0.15) is 43.9 Å². The molecular formula is C24H31FN2O2S. The van der Waals surface area contributed by atoms with Crippen LogP contribution >= 0.6 is 11.8 Å². The molecule has 0 unspecified atom stereocenters. The number of rotatable bonds is 10. The lowest BCUT2D eigenvalue weighted by molar-refractivity contribution is -0.139. The van der Waals surface area contributed by atoms with E-state index in [2.05, 4.69) is 5.32 Å². The predicted octanol–water partition coefficient (Wildman–Crippen LogP) is 4.70. The summed E-state index contributed by atoms with van der Waals surface area (Å²) in [6.07, 6.45) is 0.798. The van der Waals surface area contributed by atoms with Crippen LogP contribution in [0.2, 0.25) is 0 Å². The summed E-state index contributed by atoms with van der Waals surface area (Å²) in [6.45, 7) is 7.70. The number of halogens is 1. The predicted molar refractivity (Wildman–Crippen MR) is 122 cm³/mol. The van der Waals surface area contributed by atoms with Crippen LogP contribution in [0.4, 0.5) is 4.39 Å². The van der Waals surface area contributed by atoms with Gasteiger partial charge in [0.25, 0.3) is 0 Å². The highest BCUT2D eigenvalue weighted by Crippen LogP contribution is 2.17. The molecule has 0 saturated carbocycles. The van der Waals surface area contributed by atoms with Gasteiger partial charge in [-0.2, -0.15) is 0 Å². The molecule has 2 aromatic rings. The van der Waals surface area contributed by atoms with Crippen molar-refractivity contribution in [1.29, 1.82) is 0 Å². The zero-order valence-corrected chi connectivity index (χ0v) is 19.0. The summed E-state index contributed by atoms with van der Waals surface area (Å²) in [4.78, 5) is 27.1. The Morgan fingerprint density at radius 1 is 1.10 bits per heavy atom. The fourth-order valence-corrected chi connectivity index (χ4v) is 3.75. The van der Waals surface area contributed by atoms with Gasteiger partial charge in [-0.3, -0.25) is 9.59 Å². The Morgan fingerprint density at radius 2 is 1.77 bits per heavy atom. The van der Waals surface area contributed by atoms with Crippen molar-refractivity contribution in [3.63, 3.8) is 0 Å². The number of nitrogens with one attached hydrogen (secondary N) is 1. The van der Waals surface area contributed by atoms with Crippen LogP contribution in [0.5, 0.6) is 0 Å². The largest absolute Gasteiger partial charge is 0.352 e. The summed E-state index contributed by atoms with van der Waals surface area (Å²) >= 11 is 1.49. The molecule has 162 valence electrons. The monoisotopic (exact) mass is 430 g/mol. The van der Waals surface area contributed by atoms with Crippen LogP contribution in [0.3, 0.4) is 0 Å². The smallest absolute Gasteiger partial charge is 0.242 e. The Kier molecular flexibility index (Phi) is 9.37. The van der Waals surface area contributed by atoms with Crippen LogP contribution in [-0.4, -0.2) is 34.6 Å². The maximum atomic E-state index is 14.2. The Hall–Kier alpha value is -2.34. The molecule has 4 nitrogen and oxygen atoms in total. The number of amides is 2. The summed E-state index contributed by atoms with van der Waals surface area (Å²) in [7, 11) is 0. The molecule has 0 radical (unpaired) electrons. The zero-order valence-electron chi connectivity index (χ0n) is 18.2. The number of carbonyl (C=O) groups is 2. The molecule has 2 aromatic carbocycles. The van der Waals surface area contributed by atoms with Crippen molar-refractivity contribution in [2.45, 2.75) is 58.5 Å². The van der Waals surface area contributed by atoms with Crippen molar-refractivity contribution < 1.29 is 14.0 Å². The molecule has 0 bridgehead atoms. The van der Waals surface area contributed by atoms with E-state index >= 15 is 0 Å². The number of thioether (sulfide) groups is 1. The zero-order chi connectivity index (χ0) is 22.1. The highest BCUT2D eigenvalue weighted by molar-refractivity contribution is 7.99. The SMILES string of the molecule is CC[C@@H](C)NC(=O)[C@H](C)N(Cc1ccccc1F)C(=O)CSCc1ccc(C)cc1. The van der Waals surface area contributed by atoms with Crippen molar-refractivity contribution in [1.82, 2.24) is 10.2 Å². The number of hydrogen-bond acceptors (Lipinski definition) is 3. The summed E-state index contributed by atoms with van der Waals surface area (Å²) in [5.74, 6) is 0.146. The van der Waals surface area contributed by atoms with E-state index in [9.17, 15) is 14.0 Å². The number of benzene rings is 2. The van der Waals surface area contributed by atoms with Gasteiger partial charge in [-0.25, -0.2) is 4.39 Å².